The number of amides is 2. The van der Waals surface area contributed by atoms with Crippen LogP contribution >= 0.6 is 0 Å². The van der Waals surface area contributed by atoms with Gasteiger partial charge in [0.1, 0.15) is 6.04 Å². The topological polar surface area (TPSA) is 116 Å². The van der Waals surface area contributed by atoms with Gasteiger partial charge in [-0.1, -0.05) is 88.6 Å². The molecule has 0 radical (unpaired) electrons. The lowest BCUT2D eigenvalue weighted by Crippen LogP contribution is -2.57. The summed E-state index contributed by atoms with van der Waals surface area (Å²) in [7, 11) is 0. The molecule has 0 aliphatic carbocycles. The van der Waals surface area contributed by atoms with Crippen LogP contribution in [-0.4, -0.2) is 45.0 Å². The second kappa shape index (κ2) is 13.5. The predicted molar refractivity (Wildman–Crippen MR) is 151 cm³/mol. The number of para-hydroxylation sites is 1. The third-order valence-electron chi connectivity index (χ3n) is 7.55. The maximum absolute atomic E-state index is 13.7. The van der Waals surface area contributed by atoms with Crippen LogP contribution in [0.2, 0.25) is 0 Å². The number of anilines is 2. The fourth-order valence-electron chi connectivity index (χ4n) is 5.42. The number of unbranched alkanes of at least 4 members (excludes halogenated alkanes) is 7. The second-order valence-corrected chi connectivity index (χ2v) is 10.3. The smallest absolute Gasteiger partial charge is 0.269 e. The third kappa shape index (κ3) is 6.72. The first-order valence-corrected chi connectivity index (χ1v) is 14.0. The van der Waals surface area contributed by atoms with E-state index in [1.54, 1.807) is 53.6 Å². The van der Waals surface area contributed by atoms with E-state index in [9.17, 15) is 24.8 Å². The number of nitrogens with one attached hydrogen (secondary N) is 1. The summed E-state index contributed by atoms with van der Waals surface area (Å²) >= 11 is 0. The molecule has 1 unspecified atom stereocenters. The predicted octanol–water partition coefficient (Wildman–Crippen LogP) is 5.61. The molecule has 0 saturated carbocycles. The quantitative estimate of drug-likeness (QED) is 0.106. The Kier molecular flexibility index (Phi) is 9.84. The van der Waals surface area contributed by atoms with Crippen molar-refractivity contribution in [2.24, 2.45) is 5.92 Å². The summed E-state index contributed by atoms with van der Waals surface area (Å²) in [6.07, 6.45) is 12.6. The maximum Gasteiger partial charge on any atom is 0.269 e. The van der Waals surface area contributed by atoms with Gasteiger partial charge in [-0.2, -0.15) is 0 Å². The van der Waals surface area contributed by atoms with E-state index in [0.29, 0.717) is 17.8 Å². The number of fused-ring (bicyclic) bond motifs is 1. The summed E-state index contributed by atoms with van der Waals surface area (Å²) in [6, 6.07) is 13.3. The highest BCUT2D eigenvalue weighted by atomic mass is 16.6. The molecule has 0 spiro atoms. The summed E-state index contributed by atoms with van der Waals surface area (Å²) < 4.78 is 0. The van der Waals surface area contributed by atoms with Gasteiger partial charge >= 0.3 is 0 Å². The number of aliphatic hydroxyl groups excluding tert-OH is 1. The summed E-state index contributed by atoms with van der Waals surface area (Å²) in [5.74, 6) is -1.41. The molecule has 4 atom stereocenters. The van der Waals surface area contributed by atoms with E-state index < -0.39 is 29.0 Å². The SMILES string of the molecule is CCCCCCCCCC[C@@H](O)[C@H]1C=CC2C(=O)N(c3ccccc3)C(=O)[C@H]2N1Nc1ccc([N+](=O)[O-])cc1. The van der Waals surface area contributed by atoms with Crippen LogP contribution in [-0.2, 0) is 9.59 Å². The van der Waals surface area contributed by atoms with Gasteiger partial charge in [-0.3, -0.25) is 19.7 Å². The number of hydrogen-bond donors (Lipinski definition) is 2. The molecule has 2 aliphatic rings. The number of imide groups is 1. The van der Waals surface area contributed by atoms with Crippen LogP contribution in [0.1, 0.15) is 64.7 Å². The molecule has 2 aromatic rings. The Balaban J connectivity index is 1.50. The monoisotopic (exact) mass is 534 g/mol. The Morgan fingerprint density at radius 3 is 2.18 bits per heavy atom. The first-order valence-electron chi connectivity index (χ1n) is 14.0. The maximum atomic E-state index is 13.7. The van der Waals surface area contributed by atoms with Crippen molar-refractivity contribution in [2.75, 3.05) is 10.3 Å². The molecular weight excluding hydrogens is 496 g/mol. The van der Waals surface area contributed by atoms with Gasteiger partial charge in [-0.05, 0) is 30.7 Å². The normalized spacial score (nSPS) is 21.7. The molecule has 4 rings (SSSR count). The van der Waals surface area contributed by atoms with E-state index in [1.165, 1.54) is 49.1 Å². The fourth-order valence-corrected chi connectivity index (χ4v) is 5.42. The van der Waals surface area contributed by atoms with E-state index in [2.05, 4.69) is 12.3 Å². The summed E-state index contributed by atoms with van der Waals surface area (Å²) in [5, 5.41) is 24.0. The van der Waals surface area contributed by atoms with E-state index in [-0.39, 0.29) is 17.5 Å². The van der Waals surface area contributed by atoms with Crippen LogP contribution in [0.4, 0.5) is 17.1 Å². The number of nitrogens with zero attached hydrogens (tertiary/aromatic N) is 3. The number of carbonyl (C=O) groups excluding carboxylic acids is 2. The molecule has 2 aromatic carbocycles. The Bertz CT molecular complexity index is 1150. The lowest BCUT2D eigenvalue weighted by molar-refractivity contribution is -0.384. The molecule has 9 nitrogen and oxygen atoms in total. The van der Waals surface area contributed by atoms with Crippen molar-refractivity contribution in [1.29, 1.82) is 0 Å². The van der Waals surface area contributed by atoms with E-state index in [0.717, 1.165) is 19.3 Å². The Morgan fingerprint density at radius 2 is 1.54 bits per heavy atom. The minimum absolute atomic E-state index is 0.0504. The van der Waals surface area contributed by atoms with Gasteiger partial charge in [0.2, 0.25) is 5.91 Å². The number of rotatable bonds is 14. The molecule has 39 heavy (non-hydrogen) atoms. The summed E-state index contributed by atoms with van der Waals surface area (Å²) in [4.78, 5) is 38.9. The zero-order valence-electron chi connectivity index (χ0n) is 22.4. The van der Waals surface area contributed by atoms with Gasteiger partial charge < -0.3 is 10.5 Å². The van der Waals surface area contributed by atoms with Crippen LogP contribution in [0.15, 0.2) is 66.7 Å². The standard InChI is InChI=1S/C30H38N4O5/c1-2-3-4-5-6-7-8-12-15-27(35)26-21-20-25-28(30(37)32(29(25)36)23-13-10-9-11-14-23)33(26)31-22-16-18-24(19-17-22)34(38)39/h9-11,13-14,16-21,25-28,31,35H,2-8,12,15H2,1H3/t25?,26-,27-,28+/m1/s1. The average molecular weight is 535 g/mol. The Morgan fingerprint density at radius 1 is 0.897 bits per heavy atom. The van der Waals surface area contributed by atoms with Crippen LogP contribution in [0, 0.1) is 16.0 Å². The fraction of sp³-hybridized carbons (Fsp3) is 0.467. The largest absolute Gasteiger partial charge is 0.391 e. The molecule has 0 aromatic heterocycles. The van der Waals surface area contributed by atoms with Gasteiger partial charge in [0.15, 0.2) is 0 Å². The van der Waals surface area contributed by atoms with Crippen LogP contribution in [0.25, 0.3) is 0 Å². The molecule has 2 aliphatic heterocycles. The van der Waals surface area contributed by atoms with Crippen molar-refractivity contribution in [3.8, 4) is 0 Å². The van der Waals surface area contributed by atoms with Crippen molar-refractivity contribution in [1.82, 2.24) is 5.01 Å². The minimum atomic E-state index is -0.865. The second-order valence-electron chi connectivity index (χ2n) is 10.3. The van der Waals surface area contributed by atoms with Crippen molar-refractivity contribution >= 4 is 28.9 Å². The average Bonchev–Trinajstić information content (AvgIpc) is 3.20. The third-order valence-corrected chi connectivity index (χ3v) is 7.55. The molecule has 1 saturated heterocycles. The molecule has 2 amide bonds. The molecule has 9 heteroatoms. The Labute approximate surface area is 229 Å². The van der Waals surface area contributed by atoms with Crippen molar-refractivity contribution < 1.29 is 19.6 Å². The number of nitro benzene ring substituents is 1. The number of aliphatic hydroxyl groups is 1. The highest BCUT2D eigenvalue weighted by Crippen LogP contribution is 2.36. The molecular formula is C30H38N4O5. The molecule has 2 N–H and O–H groups in total. The van der Waals surface area contributed by atoms with Crippen LogP contribution in [0.3, 0.4) is 0 Å². The molecule has 208 valence electrons. The van der Waals surface area contributed by atoms with Gasteiger partial charge in [0.05, 0.1) is 28.7 Å². The first kappa shape index (κ1) is 28.4. The zero-order chi connectivity index (χ0) is 27.8. The van der Waals surface area contributed by atoms with E-state index >= 15 is 0 Å². The number of hydrogen-bond acceptors (Lipinski definition) is 7. The zero-order valence-corrected chi connectivity index (χ0v) is 22.4. The van der Waals surface area contributed by atoms with Crippen LogP contribution in [0.5, 0.6) is 0 Å². The summed E-state index contributed by atoms with van der Waals surface area (Å²) in [6.45, 7) is 2.21. The minimum Gasteiger partial charge on any atom is -0.391 e. The number of nitro groups is 1. The highest BCUT2D eigenvalue weighted by Gasteiger charge is 2.54. The first-order chi connectivity index (χ1) is 18.9. The Hall–Kier alpha value is -3.56. The van der Waals surface area contributed by atoms with Crippen molar-refractivity contribution in [2.45, 2.75) is 82.9 Å². The summed E-state index contributed by atoms with van der Waals surface area (Å²) in [5.41, 5.74) is 4.18. The van der Waals surface area contributed by atoms with E-state index in [4.69, 9.17) is 0 Å². The lowest BCUT2D eigenvalue weighted by atomic mass is 9.91. The van der Waals surface area contributed by atoms with Gasteiger partial charge in [-0.25, -0.2) is 9.91 Å². The number of non-ortho nitro benzene ring substituents is 1. The van der Waals surface area contributed by atoms with Gasteiger partial charge in [0.25, 0.3) is 11.6 Å². The number of hydrazine groups is 1. The van der Waals surface area contributed by atoms with Gasteiger partial charge in [-0.15, -0.1) is 0 Å². The van der Waals surface area contributed by atoms with Gasteiger partial charge in [0, 0.05) is 17.8 Å². The van der Waals surface area contributed by atoms with Crippen LogP contribution < -0.4 is 10.3 Å². The lowest BCUT2D eigenvalue weighted by Gasteiger charge is -2.40. The van der Waals surface area contributed by atoms with Crippen molar-refractivity contribution in [3.63, 3.8) is 0 Å². The van der Waals surface area contributed by atoms with E-state index in [1.807, 2.05) is 6.07 Å². The molecule has 0 bridgehead atoms. The highest BCUT2D eigenvalue weighted by molar-refractivity contribution is 6.24. The molecule has 2 heterocycles. The number of carbonyl (C=O) groups is 2. The van der Waals surface area contributed by atoms with Crippen molar-refractivity contribution in [3.05, 3.63) is 76.9 Å². The molecule has 1 fully saturated rings. The number of benzene rings is 2.